The Morgan fingerprint density at radius 3 is 2.79 bits per heavy atom. The second-order valence-electron chi connectivity index (χ2n) is 7.45. The van der Waals surface area contributed by atoms with Crippen molar-refractivity contribution in [1.29, 1.82) is 0 Å². The summed E-state index contributed by atoms with van der Waals surface area (Å²) in [6.45, 7) is 1.29. The lowest BCUT2D eigenvalue weighted by Crippen LogP contribution is -2.47. The summed E-state index contributed by atoms with van der Waals surface area (Å²) in [5.74, 6) is 0.203. The Kier molecular flexibility index (Phi) is 5.01. The van der Waals surface area contributed by atoms with E-state index >= 15 is 0 Å². The predicted octanol–water partition coefficient (Wildman–Crippen LogP) is 0.770. The summed E-state index contributed by atoms with van der Waals surface area (Å²) in [5.41, 5.74) is 0.812. The van der Waals surface area contributed by atoms with Gasteiger partial charge < -0.3 is 9.80 Å². The summed E-state index contributed by atoms with van der Waals surface area (Å²) in [6.07, 6.45) is 5.16. The molecule has 0 aromatic carbocycles. The van der Waals surface area contributed by atoms with Crippen LogP contribution in [0.4, 0.5) is 5.82 Å². The van der Waals surface area contributed by atoms with Gasteiger partial charge in [-0.1, -0.05) is 6.07 Å². The monoisotopic (exact) mass is 401 g/mol. The van der Waals surface area contributed by atoms with Crippen molar-refractivity contribution < 1.29 is 13.2 Å². The minimum atomic E-state index is -3.22. The molecule has 148 valence electrons. The average molecular weight is 401 g/mol. The number of carbonyl (C=O) groups is 1. The van der Waals surface area contributed by atoms with Crippen LogP contribution in [0.2, 0.25) is 0 Å². The van der Waals surface area contributed by atoms with Crippen LogP contribution in [0, 0.1) is 11.8 Å². The van der Waals surface area contributed by atoms with Gasteiger partial charge in [0.1, 0.15) is 12.1 Å². The number of amides is 1. The summed E-state index contributed by atoms with van der Waals surface area (Å²) in [7, 11) is -1.46. The van der Waals surface area contributed by atoms with Crippen LogP contribution < -0.4 is 4.90 Å². The molecule has 3 atom stereocenters. The molecule has 2 aliphatic heterocycles. The first kappa shape index (κ1) is 18.8. The molecular formula is C19H23N5O3S. The molecule has 0 aliphatic carbocycles. The molecule has 2 aromatic heterocycles. The summed E-state index contributed by atoms with van der Waals surface area (Å²) >= 11 is 0. The van der Waals surface area contributed by atoms with E-state index in [2.05, 4.69) is 15.0 Å². The molecule has 2 aromatic rings. The van der Waals surface area contributed by atoms with Crippen molar-refractivity contribution in [2.24, 2.45) is 11.8 Å². The zero-order chi connectivity index (χ0) is 19.7. The predicted molar refractivity (Wildman–Crippen MR) is 104 cm³/mol. The van der Waals surface area contributed by atoms with E-state index < -0.39 is 15.1 Å². The third kappa shape index (κ3) is 3.58. The molecule has 0 unspecified atom stereocenters. The van der Waals surface area contributed by atoms with E-state index in [-0.39, 0.29) is 23.5 Å². The van der Waals surface area contributed by atoms with Gasteiger partial charge in [-0.3, -0.25) is 9.78 Å². The molecule has 4 heterocycles. The fourth-order valence-electron chi connectivity index (χ4n) is 4.28. The van der Waals surface area contributed by atoms with E-state index in [1.807, 2.05) is 23.1 Å². The van der Waals surface area contributed by atoms with Crippen molar-refractivity contribution in [3.05, 3.63) is 48.7 Å². The first-order chi connectivity index (χ1) is 13.5. The van der Waals surface area contributed by atoms with E-state index in [1.165, 1.54) is 6.33 Å². The fourth-order valence-corrected chi connectivity index (χ4v) is 6.38. The van der Waals surface area contributed by atoms with Crippen LogP contribution in [0.1, 0.15) is 12.1 Å². The van der Waals surface area contributed by atoms with Crippen LogP contribution in [0.3, 0.4) is 0 Å². The second kappa shape index (κ2) is 7.46. The zero-order valence-electron chi connectivity index (χ0n) is 15.7. The van der Waals surface area contributed by atoms with Gasteiger partial charge in [-0.25, -0.2) is 18.4 Å². The first-order valence-electron chi connectivity index (χ1n) is 9.33. The van der Waals surface area contributed by atoms with Gasteiger partial charge in [0.2, 0.25) is 5.91 Å². The molecule has 1 amide bonds. The number of hydrogen-bond donors (Lipinski definition) is 0. The van der Waals surface area contributed by atoms with Gasteiger partial charge in [-0.05, 0) is 24.6 Å². The summed E-state index contributed by atoms with van der Waals surface area (Å²) in [5, 5.41) is -0.534. The standard InChI is InChI=1S/C19H23N5O3S/c1-23(10-14-4-2-3-7-21-14)19(25)15-6-9-28(26,27)17-12-24(11-16(15)17)18-5-8-20-13-22-18/h2-5,7-8,13,15-17H,6,9-12H2,1H3/t15-,16-,17-/m1/s1. The van der Waals surface area contributed by atoms with Crippen LogP contribution in [0.15, 0.2) is 43.0 Å². The van der Waals surface area contributed by atoms with Crippen LogP contribution >= 0.6 is 0 Å². The number of rotatable bonds is 4. The second-order valence-corrected chi connectivity index (χ2v) is 9.79. The van der Waals surface area contributed by atoms with Gasteiger partial charge in [0.05, 0.1) is 23.2 Å². The lowest BCUT2D eigenvalue weighted by molar-refractivity contribution is -0.136. The van der Waals surface area contributed by atoms with Gasteiger partial charge in [0.25, 0.3) is 0 Å². The van der Waals surface area contributed by atoms with Crippen molar-refractivity contribution in [2.45, 2.75) is 18.2 Å². The number of carbonyl (C=O) groups excluding carboxylic acids is 1. The van der Waals surface area contributed by atoms with Crippen molar-refractivity contribution >= 4 is 21.6 Å². The highest BCUT2D eigenvalue weighted by Crippen LogP contribution is 2.39. The van der Waals surface area contributed by atoms with Crippen LogP contribution in [0.5, 0.6) is 0 Å². The van der Waals surface area contributed by atoms with Crippen molar-refractivity contribution in [3.8, 4) is 0 Å². The quantitative estimate of drug-likeness (QED) is 0.746. The molecular weight excluding hydrogens is 378 g/mol. The van der Waals surface area contributed by atoms with Gasteiger partial charge >= 0.3 is 0 Å². The maximum Gasteiger partial charge on any atom is 0.226 e. The molecule has 28 heavy (non-hydrogen) atoms. The van der Waals surface area contributed by atoms with Crippen LogP contribution in [-0.2, 0) is 21.2 Å². The zero-order valence-corrected chi connectivity index (χ0v) is 16.5. The maximum absolute atomic E-state index is 13.2. The molecule has 9 heteroatoms. The molecule has 4 rings (SSSR count). The Morgan fingerprint density at radius 1 is 1.21 bits per heavy atom. The number of fused-ring (bicyclic) bond motifs is 1. The number of aromatic nitrogens is 3. The van der Waals surface area contributed by atoms with Gasteiger partial charge in [0.15, 0.2) is 9.84 Å². The topological polar surface area (TPSA) is 96.4 Å². The van der Waals surface area contributed by atoms with E-state index in [4.69, 9.17) is 0 Å². The molecule has 0 radical (unpaired) electrons. The number of sulfone groups is 1. The van der Waals surface area contributed by atoms with Crippen molar-refractivity contribution in [2.75, 3.05) is 30.8 Å². The number of nitrogens with zero attached hydrogens (tertiary/aromatic N) is 5. The Labute approximate surface area is 164 Å². The molecule has 8 nitrogen and oxygen atoms in total. The molecule has 0 bridgehead atoms. The van der Waals surface area contributed by atoms with E-state index in [9.17, 15) is 13.2 Å². The molecule has 2 aliphatic rings. The molecule has 2 fully saturated rings. The normalized spacial score (nSPS) is 25.9. The minimum absolute atomic E-state index is 0.0138. The van der Waals surface area contributed by atoms with Gasteiger partial charge in [-0.2, -0.15) is 0 Å². The van der Waals surface area contributed by atoms with Gasteiger partial charge in [0, 0.05) is 44.4 Å². The third-order valence-electron chi connectivity index (χ3n) is 5.71. The van der Waals surface area contributed by atoms with Crippen molar-refractivity contribution in [3.63, 3.8) is 0 Å². The summed E-state index contributed by atoms with van der Waals surface area (Å²) in [4.78, 5) is 29.2. The smallest absolute Gasteiger partial charge is 0.226 e. The lowest BCUT2D eigenvalue weighted by atomic mass is 9.87. The lowest BCUT2D eigenvalue weighted by Gasteiger charge is -2.34. The van der Waals surface area contributed by atoms with E-state index in [0.29, 0.717) is 31.9 Å². The van der Waals surface area contributed by atoms with Crippen LogP contribution in [-0.4, -0.2) is 65.3 Å². The molecule has 0 saturated carbocycles. The van der Waals surface area contributed by atoms with E-state index in [0.717, 1.165) is 5.69 Å². The Balaban J connectivity index is 1.54. The molecule has 0 spiro atoms. The van der Waals surface area contributed by atoms with Gasteiger partial charge in [-0.15, -0.1) is 0 Å². The van der Waals surface area contributed by atoms with Crippen molar-refractivity contribution in [1.82, 2.24) is 19.9 Å². The highest BCUT2D eigenvalue weighted by molar-refractivity contribution is 7.92. The Morgan fingerprint density at radius 2 is 2.07 bits per heavy atom. The first-order valence-corrected chi connectivity index (χ1v) is 11.0. The highest BCUT2D eigenvalue weighted by Gasteiger charge is 2.51. The average Bonchev–Trinajstić information content (AvgIpc) is 3.16. The maximum atomic E-state index is 13.2. The van der Waals surface area contributed by atoms with Crippen LogP contribution in [0.25, 0.3) is 0 Å². The van der Waals surface area contributed by atoms with E-state index in [1.54, 1.807) is 30.4 Å². The number of anilines is 1. The largest absolute Gasteiger partial charge is 0.355 e. The number of pyridine rings is 1. The minimum Gasteiger partial charge on any atom is -0.355 e. The SMILES string of the molecule is CN(Cc1ccccn1)C(=O)[C@@H]1CCS(=O)(=O)[C@@H]2CN(c3ccncn3)C[C@@H]21. The molecule has 2 saturated heterocycles. The third-order valence-corrected chi connectivity index (χ3v) is 7.94. The Bertz CT molecular complexity index is 939. The molecule has 0 N–H and O–H groups in total. The Hall–Kier alpha value is -2.55. The fraction of sp³-hybridized carbons (Fsp3) is 0.474. The summed E-state index contributed by atoms with van der Waals surface area (Å²) in [6, 6.07) is 7.38. The summed E-state index contributed by atoms with van der Waals surface area (Å²) < 4.78 is 25.3. The number of hydrogen-bond acceptors (Lipinski definition) is 7. The highest BCUT2D eigenvalue weighted by atomic mass is 32.2.